The Bertz CT molecular complexity index is 643. The highest BCUT2D eigenvalue weighted by Crippen LogP contribution is 2.58. The van der Waals surface area contributed by atoms with E-state index in [9.17, 15) is 19.2 Å². The second-order valence-electron chi connectivity index (χ2n) is 5.29. The van der Waals surface area contributed by atoms with Gasteiger partial charge in [0.1, 0.15) is 0 Å². The minimum Gasteiger partial charge on any atom is -0.468 e. The van der Waals surface area contributed by atoms with Gasteiger partial charge in [-0.2, -0.15) is 0 Å². The summed E-state index contributed by atoms with van der Waals surface area (Å²) in [5, 5.41) is 1.07. The van der Waals surface area contributed by atoms with E-state index in [1.807, 2.05) is 0 Å². The highest BCUT2D eigenvalue weighted by Gasteiger charge is 2.74. The lowest BCUT2D eigenvalue weighted by molar-refractivity contribution is -0.184. The van der Waals surface area contributed by atoms with Gasteiger partial charge in [0, 0.05) is 5.70 Å². The van der Waals surface area contributed by atoms with Crippen LogP contribution in [0.1, 0.15) is 20.3 Å². The van der Waals surface area contributed by atoms with Crippen LogP contribution in [0.2, 0.25) is 0 Å². The van der Waals surface area contributed by atoms with Gasteiger partial charge in [0.25, 0.3) is 0 Å². The molecule has 2 rings (SSSR count). The van der Waals surface area contributed by atoms with Gasteiger partial charge in [0.2, 0.25) is 5.72 Å². The molecule has 2 aliphatic heterocycles. The quantitative estimate of drug-likeness (QED) is 0.505. The van der Waals surface area contributed by atoms with Gasteiger partial charge in [-0.15, -0.1) is 0 Å². The number of urea groups is 1. The van der Waals surface area contributed by atoms with Crippen LogP contribution in [0.25, 0.3) is 0 Å². The Kier molecular flexibility index (Phi) is 3.71. The lowest BCUT2D eigenvalue weighted by Gasteiger charge is -2.39. The number of fused-ring (bicyclic) bond motifs is 1. The van der Waals surface area contributed by atoms with E-state index in [0.717, 1.165) is 19.2 Å². The molecule has 1 saturated heterocycles. The molecular formula is C13H17N3O7. The maximum absolute atomic E-state index is 12.5. The number of hydrogen-bond acceptors (Lipinski definition) is 8. The van der Waals surface area contributed by atoms with Gasteiger partial charge in [-0.3, -0.25) is 9.59 Å². The number of methoxy groups -OCH3 is 2. The molecule has 0 spiro atoms. The second-order valence-corrected chi connectivity index (χ2v) is 5.29. The molecule has 0 bridgehead atoms. The maximum atomic E-state index is 12.5. The van der Waals surface area contributed by atoms with E-state index >= 15 is 0 Å². The van der Waals surface area contributed by atoms with Crippen molar-refractivity contribution in [2.24, 2.45) is 11.1 Å². The summed E-state index contributed by atoms with van der Waals surface area (Å²) >= 11 is 0. The molecular weight excluding hydrogens is 310 g/mol. The summed E-state index contributed by atoms with van der Waals surface area (Å²) in [5.74, 6) is -2.44. The SMILES string of the molecule is COC(=O)C1=C(C)N(NC(N)=O)C2(C)OC(=O)CC12C(=O)OC. The van der Waals surface area contributed by atoms with E-state index in [4.69, 9.17) is 19.9 Å². The Labute approximate surface area is 131 Å². The molecule has 0 aliphatic carbocycles. The number of rotatable bonds is 3. The van der Waals surface area contributed by atoms with Crippen LogP contribution in [-0.2, 0) is 28.6 Å². The minimum atomic E-state index is -1.78. The number of nitrogens with zero attached hydrogens (tertiary/aromatic N) is 1. The highest BCUT2D eigenvalue weighted by molar-refractivity contribution is 6.04. The van der Waals surface area contributed by atoms with Gasteiger partial charge in [-0.05, 0) is 13.8 Å². The summed E-state index contributed by atoms with van der Waals surface area (Å²) in [6.45, 7) is 2.84. The number of primary amides is 1. The molecule has 10 heteroatoms. The van der Waals surface area contributed by atoms with Crippen molar-refractivity contribution in [3.63, 3.8) is 0 Å². The largest absolute Gasteiger partial charge is 0.468 e. The molecule has 0 aromatic rings. The highest BCUT2D eigenvalue weighted by atomic mass is 16.6. The van der Waals surface area contributed by atoms with Crippen LogP contribution in [0.15, 0.2) is 11.3 Å². The van der Waals surface area contributed by atoms with E-state index < -0.39 is 41.5 Å². The molecule has 0 aromatic heterocycles. The van der Waals surface area contributed by atoms with E-state index in [0.29, 0.717) is 0 Å². The predicted octanol–water partition coefficient (Wildman–Crippen LogP) is -0.845. The molecule has 0 saturated carbocycles. The number of hydrogen-bond donors (Lipinski definition) is 2. The molecule has 0 aromatic carbocycles. The van der Waals surface area contributed by atoms with Crippen molar-refractivity contribution in [2.75, 3.05) is 14.2 Å². The third kappa shape index (κ3) is 1.94. The number of hydrazine groups is 1. The lowest BCUT2D eigenvalue weighted by atomic mass is 9.73. The fourth-order valence-electron chi connectivity index (χ4n) is 3.29. The molecule has 1 fully saturated rings. The molecule has 2 unspecified atom stereocenters. The van der Waals surface area contributed by atoms with E-state index in [2.05, 4.69) is 5.43 Å². The number of ether oxygens (including phenoxy) is 3. The summed E-state index contributed by atoms with van der Waals surface area (Å²) in [6.07, 6.45) is -0.436. The number of allylic oxidation sites excluding steroid dienone is 1. The van der Waals surface area contributed by atoms with Crippen molar-refractivity contribution >= 4 is 23.9 Å². The van der Waals surface area contributed by atoms with Gasteiger partial charge in [0.05, 0.1) is 26.2 Å². The normalized spacial score (nSPS) is 29.0. The molecule has 126 valence electrons. The molecule has 2 heterocycles. The molecule has 23 heavy (non-hydrogen) atoms. The molecule has 2 atom stereocenters. The van der Waals surface area contributed by atoms with Gasteiger partial charge in [-0.25, -0.2) is 20.0 Å². The lowest BCUT2D eigenvalue weighted by Crippen LogP contribution is -2.61. The molecule has 3 N–H and O–H groups in total. The van der Waals surface area contributed by atoms with Crippen molar-refractivity contribution in [1.29, 1.82) is 0 Å². The van der Waals surface area contributed by atoms with E-state index in [1.165, 1.54) is 13.8 Å². The minimum absolute atomic E-state index is 0.131. The smallest absolute Gasteiger partial charge is 0.337 e. The van der Waals surface area contributed by atoms with Gasteiger partial charge in [0.15, 0.2) is 5.41 Å². The standard InChI is InChI=1S/C13H17N3O7/c1-6-8(9(18)21-3)13(10(19)22-4)5-7(17)23-12(13,2)16(6)15-11(14)20/h5H2,1-4H3,(H3,14,15,20). The van der Waals surface area contributed by atoms with E-state index in [1.54, 1.807) is 0 Å². The van der Waals surface area contributed by atoms with Crippen molar-refractivity contribution in [1.82, 2.24) is 10.4 Å². The fourth-order valence-corrected chi connectivity index (χ4v) is 3.29. The van der Waals surface area contributed by atoms with Crippen LogP contribution < -0.4 is 11.2 Å². The maximum Gasteiger partial charge on any atom is 0.337 e. The fraction of sp³-hybridized carbons (Fsp3) is 0.538. The summed E-state index contributed by atoms with van der Waals surface area (Å²) < 4.78 is 14.8. The first-order valence-electron chi connectivity index (χ1n) is 6.62. The Balaban J connectivity index is 2.75. The van der Waals surface area contributed by atoms with Crippen molar-refractivity contribution in [3.8, 4) is 0 Å². The predicted molar refractivity (Wildman–Crippen MR) is 72.8 cm³/mol. The first-order valence-corrected chi connectivity index (χ1v) is 6.62. The van der Waals surface area contributed by atoms with Gasteiger partial charge >= 0.3 is 23.9 Å². The number of esters is 3. The van der Waals surface area contributed by atoms with Crippen molar-refractivity contribution in [3.05, 3.63) is 11.3 Å². The summed E-state index contributed by atoms with van der Waals surface area (Å²) in [6, 6.07) is -0.960. The van der Waals surface area contributed by atoms with Crippen LogP contribution in [0.5, 0.6) is 0 Å². The first-order chi connectivity index (χ1) is 10.7. The van der Waals surface area contributed by atoms with Crippen molar-refractivity contribution in [2.45, 2.75) is 26.0 Å². The zero-order valence-corrected chi connectivity index (χ0v) is 13.1. The average Bonchev–Trinajstić information content (AvgIpc) is 2.83. The zero-order valence-electron chi connectivity index (χ0n) is 13.1. The molecule has 10 nitrogen and oxygen atoms in total. The van der Waals surface area contributed by atoms with Gasteiger partial charge in [-0.1, -0.05) is 0 Å². The third-order valence-corrected chi connectivity index (χ3v) is 4.21. The number of nitrogens with one attached hydrogen (secondary N) is 1. The Hall–Kier alpha value is -2.78. The van der Waals surface area contributed by atoms with Crippen LogP contribution in [-0.4, -0.2) is 48.9 Å². The van der Waals surface area contributed by atoms with Crippen LogP contribution >= 0.6 is 0 Å². The van der Waals surface area contributed by atoms with Gasteiger partial charge < -0.3 is 19.9 Å². The topological polar surface area (TPSA) is 137 Å². The molecule has 2 amide bonds. The van der Waals surface area contributed by atoms with Crippen LogP contribution in [0.4, 0.5) is 4.79 Å². The number of carbonyl (C=O) groups is 4. The van der Waals surface area contributed by atoms with Crippen LogP contribution in [0, 0.1) is 5.41 Å². The Morgan fingerprint density at radius 3 is 2.39 bits per heavy atom. The summed E-state index contributed by atoms with van der Waals surface area (Å²) in [4.78, 5) is 47.9. The number of carbonyl (C=O) groups excluding carboxylic acids is 4. The average molecular weight is 327 g/mol. The number of amides is 2. The summed E-state index contributed by atoms with van der Waals surface area (Å²) in [7, 11) is 2.25. The monoisotopic (exact) mass is 327 g/mol. The zero-order chi connectivity index (χ0) is 17.6. The second kappa shape index (κ2) is 5.14. The number of nitrogens with two attached hydrogens (primary N) is 1. The van der Waals surface area contributed by atoms with Crippen molar-refractivity contribution < 1.29 is 33.4 Å². The van der Waals surface area contributed by atoms with Crippen LogP contribution in [0.3, 0.4) is 0 Å². The third-order valence-electron chi connectivity index (χ3n) is 4.21. The first kappa shape index (κ1) is 16.6. The summed E-state index contributed by atoms with van der Waals surface area (Å²) in [5.41, 5.74) is 3.93. The molecule has 0 radical (unpaired) electrons. The van der Waals surface area contributed by atoms with E-state index in [-0.39, 0.29) is 11.3 Å². The molecule has 2 aliphatic rings. The Morgan fingerprint density at radius 2 is 1.91 bits per heavy atom. The Morgan fingerprint density at radius 1 is 1.30 bits per heavy atom.